The van der Waals surface area contributed by atoms with E-state index < -0.39 is 0 Å². The van der Waals surface area contributed by atoms with Gasteiger partial charge >= 0.3 is 0 Å². The zero-order valence-electron chi connectivity index (χ0n) is 11.4. The summed E-state index contributed by atoms with van der Waals surface area (Å²) in [6, 6.07) is 6.21. The highest BCUT2D eigenvalue weighted by Crippen LogP contribution is 2.36. The molecule has 0 amide bonds. The molecule has 0 saturated heterocycles. The monoisotopic (exact) mass is 276 g/mol. The van der Waals surface area contributed by atoms with Gasteiger partial charge in [0.25, 0.3) is 0 Å². The molecule has 1 heterocycles. The lowest BCUT2D eigenvalue weighted by Gasteiger charge is -2.27. The molecule has 2 N–H and O–H groups in total. The van der Waals surface area contributed by atoms with Gasteiger partial charge in [0.1, 0.15) is 0 Å². The van der Waals surface area contributed by atoms with Crippen LogP contribution in [0.5, 0.6) is 0 Å². The number of aromatic nitrogens is 1. The lowest BCUT2D eigenvalue weighted by molar-refractivity contribution is 0.309. The highest BCUT2D eigenvalue weighted by molar-refractivity contribution is 6.31. The third kappa shape index (κ3) is 2.39. The van der Waals surface area contributed by atoms with Crippen LogP contribution in [0.3, 0.4) is 0 Å². The molecule has 3 heteroatoms. The van der Waals surface area contributed by atoms with Gasteiger partial charge < -0.3 is 10.3 Å². The molecule has 1 atom stereocenters. The van der Waals surface area contributed by atoms with Crippen molar-refractivity contribution in [3.8, 4) is 0 Å². The van der Waals surface area contributed by atoms with Gasteiger partial charge in [-0.05, 0) is 42.5 Å². The number of hydrogen-bond donors (Lipinski definition) is 1. The number of halogens is 1. The SMILES string of the molecule is Cn1cc(C(N)C2CCCCC2)c2cc(Cl)ccc21. The minimum atomic E-state index is 0.141. The molecule has 1 aliphatic carbocycles. The fourth-order valence-electron chi connectivity index (χ4n) is 3.41. The molecule has 2 nitrogen and oxygen atoms in total. The van der Waals surface area contributed by atoms with Crippen LogP contribution < -0.4 is 5.73 Å². The Bertz CT molecular complexity index is 582. The van der Waals surface area contributed by atoms with E-state index in [4.69, 9.17) is 17.3 Å². The minimum Gasteiger partial charge on any atom is -0.350 e. The van der Waals surface area contributed by atoms with Crippen LogP contribution in [0.25, 0.3) is 10.9 Å². The zero-order chi connectivity index (χ0) is 13.4. The van der Waals surface area contributed by atoms with Gasteiger partial charge in [-0.3, -0.25) is 0 Å². The second-order valence-corrected chi connectivity index (χ2v) is 6.22. The molecule has 102 valence electrons. The summed E-state index contributed by atoms with van der Waals surface area (Å²) < 4.78 is 2.16. The van der Waals surface area contributed by atoms with Crippen LogP contribution in [0.15, 0.2) is 24.4 Å². The summed E-state index contributed by atoms with van der Waals surface area (Å²) in [5.41, 5.74) is 9.01. The van der Waals surface area contributed by atoms with E-state index in [2.05, 4.69) is 29.9 Å². The number of hydrogen-bond acceptors (Lipinski definition) is 1. The Morgan fingerprint density at radius 1 is 1.26 bits per heavy atom. The largest absolute Gasteiger partial charge is 0.350 e. The van der Waals surface area contributed by atoms with Crippen LogP contribution in [0.2, 0.25) is 5.02 Å². The van der Waals surface area contributed by atoms with Gasteiger partial charge in [-0.25, -0.2) is 0 Å². The van der Waals surface area contributed by atoms with Crippen molar-refractivity contribution in [2.24, 2.45) is 18.7 Å². The van der Waals surface area contributed by atoms with Gasteiger partial charge in [0.05, 0.1) is 0 Å². The Morgan fingerprint density at radius 3 is 2.74 bits per heavy atom. The van der Waals surface area contributed by atoms with Crippen LogP contribution in [0.4, 0.5) is 0 Å². The topological polar surface area (TPSA) is 30.9 Å². The molecule has 1 saturated carbocycles. The number of rotatable bonds is 2. The first-order valence-corrected chi connectivity index (χ1v) is 7.54. The van der Waals surface area contributed by atoms with Gasteiger partial charge in [-0.2, -0.15) is 0 Å². The Kier molecular flexibility index (Phi) is 3.55. The Labute approximate surface area is 119 Å². The molecule has 0 spiro atoms. The van der Waals surface area contributed by atoms with Crippen molar-refractivity contribution in [2.45, 2.75) is 38.1 Å². The number of benzene rings is 1. The van der Waals surface area contributed by atoms with E-state index in [1.165, 1.54) is 48.6 Å². The average molecular weight is 277 g/mol. The molecule has 0 aliphatic heterocycles. The van der Waals surface area contributed by atoms with E-state index in [0.29, 0.717) is 5.92 Å². The summed E-state index contributed by atoms with van der Waals surface area (Å²) in [6.45, 7) is 0. The summed E-state index contributed by atoms with van der Waals surface area (Å²) >= 11 is 6.14. The van der Waals surface area contributed by atoms with Crippen LogP contribution in [0.1, 0.15) is 43.7 Å². The molecule has 1 aromatic heterocycles. The fourth-order valence-corrected chi connectivity index (χ4v) is 3.58. The van der Waals surface area contributed by atoms with Crippen molar-refractivity contribution in [2.75, 3.05) is 0 Å². The molecular weight excluding hydrogens is 256 g/mol. The van der Waals surface area contributed by atoms with E-state index in [0.717, 1.165) is 5.02 Å². The van der Waals surface area contributed by atoms with E-state index in [-0.39, 0.29) is 6.04 Å². The van der Waals surface area contributed by atoms with E-state index in [1.807, 2.05) is 6.07 Å². The molecular formula is C16H21ClN2. The first-order valence-electron chi connectivity index (χ1n) is 7.17. The fraction of sp³-hybridized carbons (Fsp3) is 0.500. The Balaban J connectivity index is 2.01. The van der Waals surface area contributed by atoms with Gasteiger partial charge in [-0.15, -0.1) is 0 Å². The molecule has 2 aromatic rings. The maximum absolute atomic E-state index is 6.54. The van der Waals surface area contributed by atoms with E-state index in [9.17, 15) is 0 Å². The number of fused-ring (bicyclic) bond motifs is 1. The summed E-state index contributed by atoms with van der Waals surface area (Å²) in [6.07, 6.45) is 8.72. The van der Waals surface area contributed by atoms with Crippen molar-refractivity contribution in [3.05, 3.63) is 35.0 Å². The maximum atomic E-state index is 6.54. The summed E-state index contributed by atoms with van der Waals surface area (Å²) in [5.74, 6) is 0.623. The summed E-state index contributed by atoms with van der Waals surface area (Å²) in [4.78, 5) is 0. The van der Waals surface area contributed by atoms with Gasteiger partial charge in [0.2, 0.25) is 0 Å². The third-order valence-corrected chi connectivity index (χ3v) is 4.73. The van der Waals surface area contributed by atoms with Crippen molar-refractivity contribution < 1.29 is 0 Å². The Morgan fingerprint density at radius 2 is 2.00 bits per heavy atom. The predicted molar refractivity (Wildman–Crippen MR) is 81.4 cm³/mol. The number of nitrogens with two attached hydrogens (primary N) is 1. The molecule has 19 heavy (non-hydrogen) atoms. The first-order chi connectivity index (χ1) is 9.16. The lowest BCUT2D eigenvalue weighted by atomic mass is 9.81. The minimum absolute atomic E-state index is 0.141. The second-order valence-electron chi connectivity index (χ2n) is 5.78. The molecule has 1 unspecified atom stereocenters. The number of nitrogens with zero attached hydrogens (tertiary/aromatic N) is 1. The third-order valence-electron chi connectivity index (χ3n) is 4.50. The Hall–Kier alpha value is -0.990. The highest BCUT2D eigenvalue weighted by atomic mass is 35.5. The van der Waals surface area contributed by atoms with Crippen molar-refractivity contribution in [1.29, 1.82) is 0 Å². The quantitative estimate of drug-likeness (QED) is 0.865. The first kappa shape index (κ1) is 13.0. The molecule has 0 bridgehead atoms. The molecule has 1 aliphatic rings. The average Bonchev–Trinajstić information content (AvgIpc) is 2.75. The van der Waals surface area contributed by atoms with Crippen LogP contribution in [-0.2, 0) is 7.05 Å². The van der Waals surface area contributed by atoms with E-state index >= 15 is 0 Å². The molecule has 1 aromatic carbocycles. The second kappa shape index (κ2) is 5.18. The summed E-state index contributed by atoms with van der Waals surface area (Å²) in [5, 5.41) is 2.00. The van der Waals surface area contributed by atoms with Crippen LogP contribution in [0, 0.1) is 5.92 Å². The normalized spacial score (nSPS) is 18.9. The number of aryl methyl sites for hydroxylation is 1. The van der Waals surface area contributed by atoms with Crippen LogP contribution in [-0.4, -0.2) is 4.57 Å². The van der Waals surface area contributed by atoms with Gasteiger partial charge in [0, 0.05) is 35.2 Å². The standard InChI is InChI=1S/C16H21ClN2/c1-19-10-14(13-9-12(17)7-8-15(13)19)16(18)11-5-3-2-4-6-11/h7-11,16H,2-6,18H2,1H3. The van der Waals surface area contributed by atoms with E-state index in [1.54, 1.807) is 0 Å². The zero-order valence-corrected chi connectivity index (χ0v) is 12.2. The van der Waals surface area contributed by atoms with Crippen molar-refractivity contribution in [1.82, 2.24) is 4.57 Å². The molecule has 0 radical (unpaired) electrons. The van der Waals surface area contributed by atoms with Crippen molar-refractivity contribution >= 4 is 22.5 Å². The lowest BCUT2D eigenvalue weighted by Crippen LogP contribution is -2.23. The maximum Gasteiger partial charge on any atom is 0.0482 e. The smallest absolute Gasteiger partial charge is 0.0482 e. The molecule has 3 rings (SSSR count). The van der Waals surface area contributed by atoms with Gasteiger partial charge in [0.15, 0.2) is 0 Å². The highest BCUT2D eigenvalue weighted by Gasteiger charge is 2.24. The molecule has 1 fully saturated rings. The van der Waals surface area contributed by atoms with Crippen molar-refractivity contribution in [3.63, 3.8) is 0 Å². The van der Waals surface area contributed by atoms with Gasteiger partial charge in [-0.1, -0.05) is 30.9 Å². The van der Waals surface area contributed by atoms with Crippen LogP contribution >= 0.6 is 11.6 Å². The predicted octanol–water partition coefficient (Wildman–Crippen LogP) is 4.41. The summed E-state index contributed by atoms with van der Waals surface area (Å²) in [7, 11) is 2.08.